The highest BCUT2D eigenvalue weighted by atomic mass is 35.5. The van der Waals surface area contributed by atoms with E-state index in [4.69, 9.17) is 32.9 Å². The van der Waals surface area contributed by atoms with Crippen molar-refractivity contribution in [2.75, 3.05) is 5.32 Å². The van der Waals surface area contributed by atoms with Gasteiger partial charge in [-0.1, -0.05) is 132 Å². The second kappa shape index (κ2) is 12.0. The summed E-state index contributed by atoms with van der Waals surface area (Å²) in [5.41, 5.74) is 3.17. The molecule has 42 heavy (non-hydrogen) atoms. The highest BCUT2D eigenvalue weighted by Crippen LogP contribution is 2.51. The lowest BCUT2D eigenvalue weighted by Gasteiger charge is -2.27. The summed E-state index contributed by atoms with van der Waals surface area (Å²) in [6, 6.07) is 42.2. The van der Waals surface area contributed by atoms with Gasteiger partial charge in [0.15, 0.2) is 0 Å². The Hall–Kier alpha value is -4.21. The van der Waals surface area contributed by atoms with E-state index in [2.05, 4.69) is 78.1 Å². The number of hydrogen-bond donors (Lipinski definition) is 1. The minimum Gasteiger partial charge on any atom is -0.320 e. The molecule has 1 amide bonds. The van der Waals surface area contributed by atoms with Gasteiger partial charge in [-0.2, -0.15) is 0 Å². The van der Waals surface area contributed by atoms with Crippen LogP contribution < -0.4 is 21.2 Å². The van der Waals surface area contributed by atoms with E-state index in [0.29, 0.717) is 11.2 Å². The van der Waals surface area contributed by atoms with Crippen LogP contribution in [0, 0.1) is 6.92 Å². The smallest absolute Gasteiger partial charge is 0.258 e. The molecule has 0 saturated heterocycles. The van der Waals surface area contributed by atoms with Crippen LogP contribution in [0.1, 0.15) is 15.9 Å². The zero-order valence-corrected chi connectivity index (χ0v) is 25.1. The van der Waals surface area contributed by atoms with Crippen LogP contribution in [0.3, 0.4) is 0 Å². The number of rotatable bonds is 6. The van der Waals surface area contributed by atoms with Crippen LogP contribution in [0.25, 0.3) is 10.9 Å². The Balaban J connectivity index is 1.62. The first-order chi connectivity index (χ1) is 20.5. The lowest BCUT2D eigenvalue weighted by atomic mass is 10.1. The van der Waals surface area contributed by atoms with E-state index >= 15 is 0 Å². The second-order valence-corrected chi connectivity index (χ2v) is 13.6. The Morgan fingerprint density at radius 3 is 1.71 bits per heavy atom. The average molecular weight is 606 g/mol. The molecule has 0 aliphatic carbocycles. The van der Waals surface area contributed by atoms with Crippen LogP contribution >= 0.6 is 30.3 Å². The van der Waals surface area contributed by atoms with Crippen LogP contribution in [0.5, 0.6) is 0 Å². The third-order valence-corrected chi connectivity index (χ3v) is 11.4. The fourth-order valence-electron chi connectivity index (χ4n) is 5.14. The van der Waals surface area contributed by atoms with Gasteiger partial charge < -0.3 is 5.32 Å². The Labute approximate surface area is 255 Å². The van der Waals surface area contributed by atoms with Crippen LogP contribution in [0.4, 0.5) is 11.4 Å². The summed E-state index contributed by atoms with van der Waals surface area (Å²) >= 11 is 12.7. The largest absolute Gasteiger partial charge is 0.320 e. The van der Waals surface area contributed by atoms with Gasteiger partial charge in [0, 0.05) is 27.5 Å². The highest BCUT2D eigenvalue weighted by molar-refractivity contribution is 7.87. The Morgan fingerprint density at radius 2 is 1.19 bits per heavy atom. The van der Waals surface area contributed by atoms with Crippen molar-refractivity contribution in [1.29, 1.82) is 0 Å². The van der Waals surface area contributed by atoms with E-state index < -0.39 is 13.0 Å². The maximum absolute atomic E-state index is 13.3. The van der Waals surface area contributed by atoms with Crippen molar-refractivity contribution in [3.8, 4) is 0 Å². The standard InChI is InChI=1S/C35H26Cl2N3OP/c1-24-23-38-34-28(19-11-22-31(34)39-35(41)32-29(36)20-12-21-30(32)37)33(24)40-42(25-13-5-2-6-14-25,26-15-7-3-8-16-26)27-17-9-4-10-18-27/h2-23H,1H3,(H,39,41). The molecule has 0 saturated carbocycles. The average Bonchev–Trinajstić information content (AvgIpc) is 3.02. The van der Waals surface area contributed by atoms with Gasteiger partial charge in [-0.25, -0.2) is 0 Å². The third-order valence-electron chi connectivity index (χ3n) is 7.13. The minimum atomic E-state index is -2.54. The number of amides is 1. The molecule has 0 fully saturated rings. The monoisotopic (exact) mass is 605 g/mol. The van der Waals surface area contributed by atoms with Gasteiger partial charge in [-0.15, -0.1) is 0 Å². The molecule has 0 bridgehead atoms. The summed E-state index contributed by atoms with van der Waals surface area (Å²) in [6.45, 7) is 2.02. The lowest BCUT2D eigenvalue weighted by Crippen LogP contribution is -2.25. The molecule has 1 heterocycles. The zero-order valence-electron chi connectivity index (χ0n) is 22.7. The summed E-state index contributed by atoms with van der Waals surface area (Å²) in [6.07, 6.45) is 1.81. The summed E-state index contributed by atoms with van der Waals surface area (Å²) in [5.74, 6) is -0.404. The number of nitrogens with one attached hydrogen (secondary N) is 1. The number of halogens is 2. The van der Waals surface area contributed by atoms with Crippen LogP contribution in [-0.4, -0.2) is 10.9 Å². The number of carbonyl (C=O) groups is 1. The zero-order chi connectivity index (χ0) is 29.1. The van der Waals surface area contributed by atoms with Gasteiger partial charge in [-0.05, 0) is 30.7 Å². The third kappa shape index (κ3) is 5.14. The Bertz CT molecular complexity index is 1840. The summed E-state index contributed by atoms with van der Waals surface area (Å²) < 4.78 is 5.75. The Morgan fingerprint density at radius 1 is 0.690 bits per heavy atom. The predicted octanol–water partition coefficient (Wildman–Crippen LogP) is 8.91. The SMILES string of the molecule is Cc1cnc2c(NC(=O)c3c(Cl)cccc3Cl)cccc2c1N=P(c1ccccc1)(c1ccccc1)c1ccccc1. The van der Waals surface area contributed by atoms with E-state index in [0.717, 1.165) is 32.6 Å². The molecule has 6 rings (SSSR count). The minimum absolute atomic E-state index is 0.219. The number of pyridine rings is 1. The molecule has 0 unspecified atom stereocenters. The quantitative estimate of drug-likeness (QED) is 0.193. The van der Waals surface area contributed by atoms with E-state index in [1.807, 2.05) is 49.5 Å². The van der Waals surface area contributed by atoms with E-state index in [9.17, 15) is 4.79 Å². The lowest BCUT2D eigenvalue weighted by molar-refractivity contribution is 0.102. The maximum atomic E-state index is 13.3. The molecular formula is C35H26Cl2N3OP. The molecule has 6 aromatic rings. The maximum Gasteiger partial charge on any atom is 0.258 e. The second-order valence-electron chi connectivity index (χ2n) is 9.78. The van der Waals surface area contributed by atoms with Crippen molar-refractivity contribution in [2.24, 2.45) is 4.74 Å². The number of anilines is 1. The fraction of sp³-hybridized carbons (Fsp3) is 0.0286. The molecule has 1 aromatic heterocycles. The number of carbonyl (C=O) groups excluding carboxylic acids is 1. The van der Waals surface area contributed by atoms with E-state index in [1.165, 1.54) is 0 Å². The van der Waals surface area contributed by atoms with Crippen molar-refractivity contribution < 1.29 is 4.79 Å². The first kappa shape index (κ1) is 27.9. The number of hydrogen-bond acceptors (Lipinski definition) is 3. The normalized spacial score (nSPS) is 11.3. The molecule has 4 nitrogen and oxygen atoms in total. The summed E-state index contributed by atoms with van der Waals surface area (Å²) in [5, 5.41) is 7.81. The van der Waals surface area contributed by atoms with E-state index in [1.54, 1.807) is 18.2 Å². The summed E-state index contributed by atoms with van der Waals surface area (Å²) in [4.78, 5) is 18.1. The van der Waals surface area contributed by atoms with Crippen LogP contribution in [-0.2, 0) is 0 Å². The molecule has 0 radical (unpaired) electrons. The van der Waals surface area contributed by atoms with Gasteiger partial charge in [0.05, 0.1) is 39.6 Å². The van der Waals surface area contributed by atoms with Gasteiger partial charge in [0.1, 0.15) is 0 Å². The van der Waals surface area contributed by atoms with E-state index in [-0.39, 0.29) is 15.6 Å². The molecule has 1 N–H and O–H groups in total. The van der Waals surface area contributed by atoms with Crippen molar-refractivity contribution in [3.05, 3.63) is 155 Å². The number of nitrogens with zero attached hydrogens (tertiary/aromatic N) is 2. The molecule has 0 atom stereocenters. The van der Waals surface area contributed by atoms with Crippen molar-refractivity contribution in [2.45, 2.75) is 6.92 Å². The number of para-hydroxylation sites is 1. The topological polar surface area (TPSA) is 54.4 Å². The molecule has 0 spiro atoms. The van der Waals surface area contributed by atoms with Crippen molar-refractivity contribution in [1.82, 2.24) is 4.98 Å². The molecule has 5 aromatic carbocycles. The molecule has 0 aliphatic heterocycles. The first-order valence-corrected chi connectivity index (χ1v) is 15.9. The molecule has 0 aliphatic rings. The molecular weight excluding hydrogens is 580 g/mol. The first-order valence-electron chi connectivity index (χ1n) is 13.4. The highest BCUT2D eigenvalue weighted by Gasteiger charge is 2.28. The van der Waals surface area contributed by atoms with Crippen LogP contribution in [0.2, 0.25) is 10.0 Å². The number of aryl methyl sites for hydroxylation is 1. The molecule has 206 valence electrons. The Kier molecular flexibility index (Phi) is 7.95. The number of fused-ring (bicyclic) bond motifs is 1. The van der Waals surface area contributed by atoms with Gasteiger partial charge in [0.25, 0.3) is 5.91 Å². The van der Waals surface area contributed by atoms with Crippen molar-refractivity contribution >= 4 is 74.4 Å². The number of benzene rings is 5. The van der Waals surface area contributed by atoms with Crippen molar-refractivity contribution in [3.63, 3.8) is 0 Å². The number of aromatic nitrogens is 1. The van der Waals surface area contributed by atoms with Gasteiger partial charge in [0.2, 0.25) is 0 Å². The van der Waals surface area contributed by atoms with Gasteiger partial charge in [-0.3, -0.25) is 14.5 Å². The predicted molar refractivity (Wildman–Crippen MR) is 178 cm³/mol. The van der Waals surface area contributed by atoms with Gasteiger partial charge >= 0.3 is 0 Å². The van der Waals surface area contributed by atoms with Crippen LogP contribution in [0.15, 0.2) is 138 Å². The summed E-state index contributed by atoms with van der Waals surface area (Å²) in [7, 11) is -2.54. The fourth-order valence-corrected chi connectivity index (χ4v) is 9.33. The molecule has 7 heteroatoms.